The van der Waals surface area contributed by atoms with Gasteiger partial charge in [-0.2, -0.15) is 18.2 Å². The summed E-state index contributed by atoms with van der Waals surface area (Å²) in [5, 5.41) is 16.7. The maximum atomic E-state index is 14.9. The van der Waals surface area contributed by atoms with Gasteiger partial charge in [-0.1, -0.05) is 18.2 Å². The number of alkyl halides is 3. The molecule has 15 rings (SSSR count). The van der Waals surface area contributed by atoms with Crippen molar-refractivity contribution in [1.29, 1.82) is 0 Å². The van der Waals surface area contributed by atoms with Crippen LogP contribution in [0.1, 0.15) is 100 Å². The summed E-state index contributed by atoms with van der Waals surface area (Å²) in [7, 11) is -4.74. The number of hydrogen-bond donors (Lipinski definition) is 3. The van der Waals surface area contributed by atoms with Crippen molar-refractivity contribution in [2.75, 3.05) is 87.4 Å². The van der Waals surface area contributed by atoms with Crippen molar-refractivity contribution in [2.45, 2.75) is 126 Å². The molecule has 4 aliphatic carbocycles. The lowest BCUT2D eigenvalue weighted by Crippen LogP contribution is -2.71. The third kappa shape index (κ3) is 9.69. The molecule has 1 spiro atoms. The highest BCUT2D eigenvalue weighted by Crippen LogP contribution is 2.78. The van der Waals surface area contributed by atoms with Crippen molar-refractivity contribution in [3.8, 4) is 17.4 Å². The van der Waals surface area contributed by atoms with Gasteiger partial charge in [-0.3, -0.25) is 24.7 Å². The maximum Gasteiger partial charge on any atom is 0.394 e. The zero-order valence-corrected chi connectivity index (χ0v) is 47.4. The van der Waals surface area contributed by atoms with E-state index < -0.39 is 49.1 Å². The van der Waals surface area contributed by atoms with E-state index in [0.717, 1.165) is 99.7 Å². The standard InChI is InChI=1S/C60H70F3N9O10S/c1-36(2)81-50-6-4-3-5-42(50)49-29-68(35-58-32-59(33-58,34-58)60(61,62)63)18-19-70(49)40-27-57(28-40)13-16-69(17-14-57)39-7-8-43(46(24-39)71-45-12-22-79-31-52(45)82-56-48(71)23-38-9-15-64-54(38)66-56)55(73)67-83(76,77)41-25-47(72(74)75)53-51(26-41)80-30-44(65-53)37-10-20-78-21-11-37/h3-9,15,23-26,36-37,40,44-45,49,52,65H,10-14,16-22,27-35H2,1-2H3,(H,64,66)(H,67,73)/t44-,45-,49-,52-,58?,59?/m0/s1. The predicted octanol–water partition coefficient (Wildman–Crippen LogP) is 9.50. The molecule has 19 nitrogen and oxygen atoms in total. The van der Waals surface area contributed by atoms with Crippen LogP contribution >= 0.6 is 0 Å². The van der Waals surface area contributed by atoms with Crippen molar-refractivity contribution in [2.24, 2.45) is 22.2 Å². The van der Waals surface area contributed by atoms with Gasteiger partial charge in [0.1, 0.15) is 29.8 Å². The summed E-state index contributed by atoms with van der Waals surface area (Å²) in [5.41, 5.74) is 1.70. The van der Waals surface area contributed by atoms with Crippen molar-refractivity contribution < 1.29 is 55.0 Å². The van der Waals surface area contributed by atoms with E-state index in [1.54, 1.807) is 12.3 Å². The first-order valence-corrected chi connectivity index (χ1v) is 30.9. The Hall–Kier alpha value is -6.40. The smallest absolute Gasteiger partial charge is 0.394 e. The Morgan fingerprint density at radius 3 is 2.47 bits per heavy atom. The van der Waals surface area contributed by atoms with Crippen LogP contribution in [0.4, 0.5) is 41.6 Å². The number of nitro benzene ring substituents is 1. The molecule has 6 aliphatic heterocycles. The van der Waals surface area contributed by atoms with Crippen LogP contribution in [0, 0.1) is 32.3 Å². The minimum absolute atomic E-state index is 0.00554. The molecule has 2 aromatic heterocycles. The van der Waals surface area contributed by atoms with Crippen LogP contribution in [0.25, 0.3) is 11.0 Å². The molecule has 8 fully saturated rings. The highest BCUT2D eigenvalue weighted by molar-refractivity contribution is 7.90. The van der Waals surface area contributed by atoms with Crippen LogP contribution in [-0.2, 0) is 19.5 Å². The lowest BCUT2D eigenvalue weighted by molar-refractivity contribution is -0.384. The summed E-state index contributed by atoms with van der Waals surface area (Å²) >= 11 is 0. The van der Waals surface area contributed by atoms with Gasteiger partial charge < -0.3 is 43.8 Å². The van der Waals surface area contributed by atoms with Gasteiger partial charge in [0.25, 0.3) is 21.6 Å². The molecule has 0 radical (unpaired) electrons. The molecular formula is C60H70F3N9O10S. The van der Waals surface area contributed by atoms with Gasteiger partial charge in [0.2, 0.25) is 5.88 Å². The minimum Gasteiger partial charge on any atom is -0.491 e. The molecule has 0 unspecified atom stereocenters. The van der Waals surface area contributed by atoms with E-state index in [9.17, 15) is 36.5 Å². The van der Waals surface area contributed by atoms with Gasteiger partial charge in [-0.15, -0.1) is 0 Å². The number of piperazine rings is 1. The number of para-hydroxylation sites is 1. The van der Waals surface area contributed by atoms with E-state index in [-0.39, 0.29) is 90.5 Å². The summed E-state index contributed by atoms with van der Waals surface area (Å²) in [4.78, 5) is 43.8. The molecule has 83 heavy (non-hydrogen) atoms. The highest BCUT2D eigenvalue weighted by atomic mass is 32.2. The monoisotopic (exact) mass is 1170 g/mol. The van der Waals surface area contributed by atoms with Crippen LogP contribution in [0.3, 0.4) is 0 Å². The largest absolute Gasteiger partial charge is 0.491 e. The SMILES string of the molecule is CC(C)Oc1ccccc1[C@@H]1CN(CC23CC(C(F)(F)F)(C2)C3)CCN1C1CC2(CCN(c3ccc(C(=O)NS(=O)(=O)c4cc5c(c([N+](=O)[O-])c4)N[C@H](C4CCOCC4)CO5)c(N4c5cc6cc[nH]c6nc5O[C@H]5COCC[C@@H]54)c3)CC2)C1. The summed E-state index contributed by atoms with van der Waals surface area (Å²) in [6.45, 7) is 10.6. The second-order valence-electron chi connectivity index (χ2n) is 25.5. The van der Waals surface area contributed by atoms with E-state index in [1.165, 1.54) is 6.07 Å². The van der Waals surface area contributed by atoms with E-state index in [2.05, 4.69) is 41.9 Å². The molecular weight excluding hydrogens is 1100 g/mol. The van der Waals surface area contributed by atoms with Crippen molar-refractivity contribution >= 4 is 55.4 Å². The number of nitrogens with zero attached hydrogens (tertiary/aromatic N) is 6. The molecule has 10 aliphatic rings. The van der Waals surface area contributed by atoms with E-state index >= 15 is 0 Å². The van der Waals surface area contributed by atoms with Gasteiger partial charge >= 0.3 is 6.18 Å². The first-order valence-electron chi connectivity index (χ1n) is 29.4. The summed E-state index contributed by atoms with van der Waals surface area (Å²) in [5.74, 6) is 0.405. The molecule has 2 bridgehead atoms. The third-order valence-electron chi connectivity index (χ3n) is 19.9. The number of piperidine rings is 1. The van der Waals surface area contributed by atoms with Crippen molar-refractivity contribution in [3.63, 3.8) is 0 Å². The fourth-order valence-corrected chi connectivity index (χ4v) is 16.8. The van der Waals surface area contributed by atoms with E-state index in [4.69, 9.17) is 28.7 Å². The molecule has 1 amide bonds. The number of benzene rings is 3. The Balaban J connectivity index is 0.727. The second kappa shape index (κ2) is 20.4. The van der Waals surface area contributed by atoms with Gasteiger partial charge in [0.15, 0.2) is 11.4 Å². The molecule has 23 heteroatoms. The number of anilines is 4. The van der Waals surface area contributed by atoms with Crippen LogP contribution in [0.5, 0.6) is 17.4 Å². The summed E-state index contributed by atoms with van der Waals surface area (Å²) < 4.78 is 103. The molecule has 5 aromatic rings. The number of nitrogens with one attached hydrogen (secondary N) is 3. The molecule has 4 atom stereocenters. The van der Waals surface area contributed by atoms with Crippen LogP contribution < -0.4 is 34.0 Å². The van der Waals surface area contributed by atoms with E-state index in [0.29, 0.717) is 61.7 Å². The topological polar surface area (TPSA) is 206 Å². The van der Waals surface area contributed by atoms with Crippen molar-refractivity contribution in [3.05, 3.63) is 94.2 Å². The lowest BCUT2D eigenvalue weighted by atomic mass is 9.34. The fourth-order valence-electron chi connectivity index (χ4n) is 15.8. The number of hydrogen-bond acceptors (Lipinski definition) is 16. The molecule has 3 N–H and O–H groups in total. The number of nitro groups is 1. The first kappa shape index (κ1) is 54.5. The summed E-state index contributed by atoms with van der Waals surface area (Å²) in [6, 6.07) is 19.5. The van der Waals surface area contributed by atoms with Crippen LogP contribution in [0.2, 0.25) is 0 Å². The average molecular weight is 1170 g/mol. The Labute approximate surface area is 479 Å². The minimum atomic E-state index is -4.74. The Kier molecular flexibility index (Phi) is 13.4. The number of H-pyrrole nitrogens is 1. The number of sulfonamides is 1. The quantitative estimate of drug-likeness (QED) is 0.0741. The number of pyridine rings is 1. The predicted molar refractivity (Wildman–Crippen MR) is 302 cm³/mol. The first-order chi connectivity index (χ1) is 39.8. The third-order valence-corrected chi connectivity index (χ3v) is 21.2. The number of rotatable bonds is 13. The zero-order valence-electron chi connectivity index (χ0n) is 46.6. The molecule has 8 heterocycles. The summed E-state index contributed by atoms with van der Waals surface area (Å²) in [6.07, 6.45) is 3.79. The maximum absolute atomic E-state index is 14.9. The highest BCUT2D eigenvalue weighted by Gasteiger charge is 2.78. The number of amides is 1. The average Bonchev–Trinajstić information content (AvgIpc) is 1.02. The molecule has 4 saturated heterocycles. The van der Waals surface area contributed by atoms with E-state index in [1.807, 2.05) is 55.1 Å². The van der Waals surface area contributed by atoms with Crippen LogP contribution in [0.15, 0.2) is 77.8 Å². The van der Waals surface area contributed by atoms with Gasteiger partial charge in [0, 0.05) is 100 Å². The van der Waals surface area contributed by atoms with Crippen LogP contribution in [-0.4, -0.2) is 148 Å². The second-order valence-corrected chi connectivity index (χ2v) is 27.1. The number of halogens is 3. The number of carbonyl (C=O) groups excluding carboxylic acids is 1. The van der Waals surface area contributed by atoms with Gasteiger partial charge in [-0.05, 0) is 131 Å². The number of aromatic amines is 1. The molecule has 4 saturated carbocycles. The lowest BCUT2D eigenvalue weighted by Gasteiger charge is -2.71. The normalized spacial score (nSPS) is 28.1. The molecule has 442 valence electrons. The van der Waals surface area contributed by atoms with Crippen molar-refractivity contribution in [1.82, 2.24) is 24.5 Å². The molecule has 3 aromatic carbocycles. The Morgan fingerprint density at radius 2 is 1.71 bits per heavy atom. The number of ether oxygens (including phenoxy) is 5. The van der Waals surface area contributed by atoms with Gasteiger partial charge in [0.05, 0.1) is 57.3 Å². The number of fused-ring (bicyclic) bond motifs is 4. The number of aromatic nitrogens is 2. The Bertz CT molecular complexity index is 3450. The zero-order chi connectivity index (χ0) is 57.2. The van der Waals surface area contributed by atoms with Gasteiger partial charge in [-0.25, -0.2) is 13.1 Å². The fraction of sp³-hybridized carbons (Fsp3) is 0.567. The Morgan fingerprint density at radius 1 is 0.940 bits per heavy atom. The number of carbonyl (C=O) groups is 1.